The molecule has 25 heavy (non-hydrogen) atoms. The summed E-state index contributed by atoms with van der Waals surface area (Å²) in [6.45, 7) is 5.89. The molecule has 0 heterocycles. The van der Waals surface area contributed by atoms with E-state index in [9.17, 15) is 13.2 Å². The van der Waals surface area contributed by atoms with Crippen molar-refractivity contribution in [2.45, 2.75) is 32.1 Å². The van der Waals surface area contributed by atoms with Crippen LogP contribution in [0.2, 0.25) is 0 Å². The van der Waals surface area contributed by atoms with E-state index in [2.05, 4.69) is 10.6 Å². The quantitative estimate of drug-likeness (QED) is 0.741. The molecule has 2 aromatic carbocycles. The highest BCUT2D eigenvalue weighted by Crippen LogP contribution is 2.20. The van der Waals surface area contributed by atoms with E-state index in [0.29, 0.717) is 23.5 Å². The lowest BCUT2D eigenvalue weighted by molar-refractivity contribution is -0.114. The van der Waals surface area contributed by atoms with Crippen molar-refractivity contribution in [1.29, 1.82) is 0 Å². The van der Waals surface area contributed by atoms with Crippen molar-refractivity contribution in [1.82, 2.24) is 0 Å². The molecule has 2 rings (SSSR count). The van der Waals surface area contributed by atoms with E-state index in [1.165, 1.54) is 6.92 Å². The molecular weight excluding hydrogens is 336 g/mol. The molecule has 0 aliphatic carbocycles. The molecule has 0 radical (unpaired) electrons. The van der Waals surface area contributed by atoms with Gasteiger partial charge in [0, 0.05) is 24.8 Å². The van der Waals surface area contributed by atoms with Crippen molar-refractivity contribution >= 4 is 27.1 Å². The first-order valence-electron chi connectivity index (χ1n) is 8.19. The number of anilines is 2. The monoisotopic (exact) mass is 360 g/mol. The van der Waals surface area contributed by atoms with Crippen LogP contribution in [0.4, 0.5) is 11.4 Å². The zero-order chi connectivity index (χ0) is 18.4. The SMILES string of the molecule is CC(=O)Nc1ccc(C)c(NCCCS(=O)(=O)c2ccc(C)cc2)c1. The first kappa shape index (κ1) is 19.0. The molecule has 0 fully saturated rings. The summed E-state index contributed by atoms with van der Waals surface area (Å²) in [6.07, 6.45) is 0.500. The van der Waals surface area contributed by atoms with Crippen LogP contribution in [0.5, 0.6) is 0 Å². The number of amides is 1. The Kier molecular flexibility index (Phi) is 6.20. The molecule has 0 spiro atoms. The molecule has 0 atom stereocenters. The maximum absolute atomic E-state index is 12.3. The summed E-state index contributed by atoms with van der Waals surface area (Å²) in [4.78, 5) is 11.5. The average molecular weight is 360 g/mol. The van der Waals surface area contributed by atoms with Crippen LogP contribution in [-0.4, -0.2) is 26.6 Å². The number of hydrogen-bond acceptors (Lipinski definition) is 4. The Morgan fingerprint density at radius 1 is 1.04 bits per heavy atom. The van der Waals surface area contributed by atoms with Crippen LogP contribution in [0.25, 0.3) is 0 Å². The Labute approximate surface area is 149 Å². The highest BCUT2D eigenvalue weighted by atomic mass is 32.2. The predicted octanol–water partition coefficient (Wildman–Crippen LogP) is 3.54. The summed E-state index contributed by atoms with van der Waals surface area (Å²) in [5.41, 5.74) is 3.68. The molecule has 5 nitrogen and oxygen atoms in total. The maximum atomic E-state index is 12.3. The second kappa shape index (κ2) is 8.16. The first-order valence-corrected chi connectivity index (χ1v) is 9.85. The molecule has 0 aliphatic heterocycles. The Balaban J connectivity index is 1.92. The fourth-order valence-corrected chi connectivity index (χ4v) is 3.75. The molecule has 0 unspecified atom stereocenters. The minimum Gasteiger partial charge on any atom is -0.385 e. The summed E-state index contributed by atoms with van der Waals surface area (Å²) >= 11 is 0. The lowest BCUT2D eigenvalue weighted by Crippen LogP contribution is -2.12. The van der Waals surface area contributed by atoms with Crippen LogP contribution in [0.15, 0.2) is 47.4 Å². The van der Waals surface area contributed by atoms with E-state index in [1.54, 1.807) is 12.1 Å². The number of aryl methyl sites for hydroxylation is 2. The first-order chi connectivity index (χ1) is 11.8. The standard InChI is InChI=1S/C19H24N2O3S/c1-14-5-9-18(10-6-14)25(23,24)12-4-11-20-19-13-17(21-16(3)22)8-7-15(19)2/h5-10,13,20H,4,11-12H2,1-3H3,(H,21,22). The van der Waals surface area contributed by atoms with Crippen molar-refractivity contribution in [3.63, 3.8) is 0 Å². The lowest BCUT2D eigenvalue weighted by Gasteiger charge is -2.12. The third kappa shape index (κ3) is 5.60. The van der Waals surface area contributed by atoms with Gasteiger partial charge in [-0.1, -0.05) is 23.8 Å². The van der Waals surface area contributed by atoms with Gasteiger partial charge in [-0.2, -0.15) is 0 Å². The van der Waals surface area contributed by atoms with E-state index < -0.39 is 9.84 Å². The van der Waals surface area contributed by atoms with Crippen LogP contribution < -0.4 is 10.6 Å². The van der Waals surface area contributed by atoms with Crippen molar-refractivity contribution < 1.29 is 13.2 Å². The summed E-state index contributed by atoms with van der Waals surface area (Å²) in [7, 11) is -3.26. The number of hydrogen-bond donors (Lipinski definition) is 2. The van der Waals surface area contributed by atoms with Gasteiger partial charge in [-0.15, -0.1) is 0 Å². The number of carbonyl (C=O) groups is 1. The van der Waals surface area contributed by atoms with E-state index in [4.69, 9.17) is 0 Å². The molecule has 134 valence electrons. The molecule has 0 aliphatic rings. The van der Waals surface area contributed by atoms with Gasteiger partial charge in [-0.05, 0) is 50.1 Å². The van der Waals surface area contributed by atoms with Crippen LogP contribution in [0.3, 0.4) is 0 Å². The Morgan fingerprint density at radius 3 is 2.36 bits per heavy atom. The van der Waals surface area contributed by atoms with Crippen molar-refractivity contribution in [2.75, 3.05) is 22.9 Å². The normalized spacial score (nSPS) is 11.2. The largest absolute Gasteiger partial charge is 0.385 e. The van der Waals surface area contributed by atoms with Gasteiger partial charge in [0.2, 0.25) is 5.91 Å². The minimum absolute atomic E-state index is 0.0908. The van der Waals surface area contributed by atoms with Gasteiger partial charge in [0.1, 0.15) is 0 Å². The third-order valence-electron chi connectivity index (χ3n) is 3.84. The van der Waals surface area contributed by atoms with Crippen molar-refractivity contribution in [2.24, 2.45) is 0 Å². The van der Waals surface area contributed by atoms with Gasteiger partial charge < -0.3 is 10.6 Å². The topological polar surface area (TPSA) is 75.3 Å². The van der Waals surface area contributed by atoms with E-state index in [0.717, 1.165) is 16.8 Å². The molecule has 0 saturated carbocycles. The predicted molar refractivity (Wildman–Crippen MR) is 102 cm³/mol. The van der Waals surface area contributed by atoms with E-state index in [1.807, 2.05) is 44.2 Å². The Morgan fingerprint density at radius 2 is 1.72 bits per heavy atom. The Bertz CT molecular complexity index is 843. The fourth-order valence-electron chi connectivity index (χ4n) is 2.44. The lowest BCUT2D eigenvalue weighted by atomic mass is 10.1. The molecular formula is C19H24N2O3S. The fraction of sp³-hybridized carbons (Fsp3) is 0.316. The second-order valence-electron chi connectivity index (χ2n) is 6.12. The number of carbonyl (C=O) groups excluding carboxylic acids is 1. The van der Waals surface area contributed by atoms with E-state index >= 15 is 0 Å². The van der Waals surface area contributed by atoms with Crippen LogP contribution in [-0.2, 0) is 14.6 Å². The van der Waals surface area contributed by atoms with Gasteiger partial charge in [0.15, 0.2) is 9.84 Å². The third-order valence-corrected chi connectivity index (χ3v) is 5.66. The van der Waals surface area contributed by atoms with Crippen LogP contribution in [0, 0.1) is 13.8 Å². The number of benzene rings is 2. The molecule has 1 amide bonds. The van der Waals surface area contributed by atoms with Gasteiger partial charge in [-0.3, -0.25) is 4.79 Å². The Hall–Kier alpha value is -2.34. The van der Waals surface area contributed by atoms with Crippen LogP contribution in [0.1, 0.15) is 24.5 Å². The van der Waals surface area contributed by atoms with E-state index in [-0.39, 0.29) is 11.7 Å². The average Bonchev–Trinajstić information content (AvgIpc) is 2.54. The van der Waals surface area contributed by atoms with Gasteiger partial charge in [0.05, 0.1) is 10.6 Å². The summed E-state index contributed by atoms with van der Waals surface area (Å²) in [5.74, 6) is -0.0352. The minimum atomic E-state index is -3.26. The highest BCUT2D eigenvalue weighted by Gasteiger charge is 2.13. The number of sulfone groups is 1. The number of rotatable bonds is 7. The molecule has 0 aromatic heterocycles. The molecule has 0 bridgehead atoms. The summed E-state index contributed by atoms with van der Waals surface area (Å²) in [6, 6.07) is 12.5. The summed E-state index contributed by atoms with van der Waals surface area (Å²) in [5, 5.41) is 5.98. The highest BCUT2D eigenvalue weighted by molar-refractivity contribution is 7.91. The van der Waals surface area contributed by atoms with Gasteiger partial charge in [0.25, 0.3) is 0 Å². The van der Waals surface area contributed by atoms with Gasteiger partial charge in [-0.25, -0.2) is 8.42 Å². The second-order valence-corrected chi connectivity index (χ2v) is 8.23. The van der Waals surface area contributed by atoms with Crippen molar-refractivity contribution in [3.05, 3.63) is 53.6 Å². The maximum Gasteiger partial charge on any atom is 0.221 e. The molecule has 2 N–H and O–H groups in total. The number of nitrogens with one attached hydrogen (secondary N) is 2. The molecule has 0 saturated heterocycles. The van der Waals surface area contributed by atoms with Gasteiger partial charge >= 0.3 is 0 Å². The zero-order valence-corrected chi connectivity index (χ0v) is 15.6. The van der Waals surface area contributed by atoms with Crippen molar-refractivity contribution in [3.8, 4) is 0 Å². The molecule has 2 aromatic rings. The zero-order valence-electron chi connectivity index (χ0n) is 14.8. The summed E-state index contributed by atoms with van der Waals surface area (Å²) < 4.78 is 24.6. The smallest absolute Gasteiger partial charge is 0.221 e. The molecule has 6 heteroatoms. The van der Waals surface area contributed by atoms with Crippen LogP contribution >= 0.6 is 0 Å².